The van der Waals surface area contributed by atoms with E-state index in [9.17, 15) is 4.79 Å². The summed E-state index contributed by atoms with van der Waals surface area (Å²) in [7, 11) is 0. The first-order valence-corrected chi connectivity index (χ1v) is 5.49. The summed E-state index contributed by atoms with van der Waals surface area (Å²) < 4.78 is 0. The Morgan fingerprint density at radius 3 is 2.67 bits per heavy atom. The highest BCUT2D eigenvalue weighted by molar-refractivity contribution is 7.09. The number of thiophene rings is 1. The Hall–Kier alpha value is -1.61. The second kappa shape index (κ2) is 4.28. The number of hydrogen-bond acceptors (Lipinski definition) is 2. The maximum atomic E-state index is 11.0. The van der Waals surface area contributed by atoms with Crippen molar-refractivity contribution < 1.29 is 9.90 Å². The van der Waals surface area contributed by atoms with Gasteiger partial charge in [0.05, 0.1) is 5.56 Å². The largest absolute Gasteiger partial charge is 0.478 e. The summed E-state index contributed by atoms with van der Waals surface area (Å²) in [5.41, 5.74) is 1.26. The fraction of sp³-hybridized carbons (Fsp3) is 0.0833. The van der Waals surface area contributed by atoms with Crippen molar-refractivity contribution in [1.82, 2.24) is 0 Å². The Bertz CT molecular complexity index is 460. The molecule has 2 aromatic rings. The van der Waals surface area contributed by atoms with Crippen molar-refractivity contribution in [3.63, 3.8) is 0 Å². The first-order chi connectivity index (χ1) is 7.27. The van der Waals surface area contributed by atoms with E-state index in [1.165, 1.54) is 4.88 Å². The Labute approximate surface area is 91.8 Å². The molecule has 1 N–H and O–H groups in total. The Kier molecular flexibility index (Phi) is 2.83. The summed E-state index contributed by atoms with van der Waals surface area (Å²) in [5.74, 6) is -0.859. The summed E-state index contributed by atoms with van der Waals surface area (Å²) in [6, 6.07) is 11.1. The number of carboxylic acid groups (broad SMARTS) is 1. The molecular weight excluding hydrogens is 208 g/mol. The van der Waals surface area contributed by atoms with Gasteiger partial charge in [-0.2, -0.15) is 0 Å². The first-order valence-electron chi connectivity index (χ1n) is 4.61. The smallest absolute Gasteiger partial charge is 0.335 e. The van der Waals surface area contributed by atoms with Crippen LogP contribution in [0.3, 0.4) is 0 Å². The van der Waals surface area contributed by atoms with Crippen LogP contribution in [0.15, 0.2) is 41.8 Å². The lowest BCUT2D eigenvalue weighted by atomic mass is 10.0. The molecule has 0 aliphatic carbocycles. The van der Waals surface area contributed by atoms with E-state index in [4.69, 9.17) is 5.11 Å². The molecule has 1 aromatic heterocycles. The minimum Gasteiger partial charge on any atom is -0.478 e. The number of hydrogen-bond donors (Lipinski definition) is 1. The van der Waals surface area contributed by atoms with Crippen molar-refractivity contribution in [2.24, 2.45) is 0 Å². The lowest BCUT2D eigenvalue weighted by Crippen LogP contribution is -2.01. The van der Waals surface area contributed by atoms with Gasteiger partial charge in [0.2, 0.25) is 0 Å². The molecule has 0 radical (unpaired) electrons. The van der Waals surface area contributed by atoms with E-state index in [0.717, 1.165) is 5.56 Å². The fourth-order valence-electron chi connectivity index (χ4n) is 1.48. The maximum Gasteiger partial charge on any atom is 0.335 e. The van der Waals surface area contributed by atoms with Crippen LogP contribution in [-0.4, -0.2) is 11.1 Å². The SMILES string of the molecule is O=C(O)c1ccccc1Cc1cccs1. The number of aromatic carboxylic acids is 1. The second-order valence-corrected chi connectivity index (χ2v) is 4.25. The summed E-state index contributed by atoms with van der Waals surface area (Å²) in [6.45, 7) is 0. The van der Waals surface area contributed by atoms with Crippen LogP contribution in [-0.2, 0) is 6.42 Å². The molecule has 0 atom stereocenters. The summed E-state index contributed by atoms with van der Waals surface area (Å²) in [6.07, 6.45) is 0.695. The average Bonchev–Trinajstić information content (AvgIpc) is 2.71. The minimum atomic E-state index is -0.859. The van der Waals surface area contributed by atoms with E-state index in [1.807, 2.05) is 29.6 Å². The molecule has 1 aromatic carbocycles. The zero-order valence-corrected chi connectivity index (χ0v) is 8.83. The normalized spacial score (nSPS) is 10.1. The van der Waals surface area contributed by atoms with Crippen molar-refractivity contribution in [2.75, 3.05) is 0 Å². The van der Waals surface area contributed by atoms with Crippen molar-refractivity contribution in [3.8, 4) is 0 Å². The Morgan fingerprint density at radius 1 is 1.20 bits per heavy atom. The molecule has 0 aliphatic rings. The number of carbonyl (C=O) groups is 1. The number of benzene rings is 1. The van der Waals surface area contributed by atoms with Crippen LogP contribution < -0.4 is 0 Å². The molecule has 0 spiro atoms. The average molecular weight is 218 g/mol. The third-order valence-electron chi connectivity index (χ3n) is 2.19. The Morgan fingerprint density at radius 2 is 2.00 bits per heavy atom. The second-order valence-electron chi connectivity index (χ2n) is 3.22. The van der Waals surface area contributed by atoms with Crippen LogP contribution in [0.25, 0.3) is 0 Å². The molecule has 1 heterocycles. The van der Waals surface area contributed by atoms with Crippen LogP contribution in [0.1, 0.15) is 20.8 Å². The minimum absolute atomic E-state index is 0.394. The predicted octanol–water partition coefficient (Wildman–Crippen LogP) is 3.04. The van der Waals surface area contributed by atoms with Gasteiger partial charge < -0.3 is 5.11 Å². The lowest BCUT2D eigenvalue weighted by Gasteiger charge is -2.03. The molecular formula is C12H10O2S. The molecule has 0 bridgehead atoms. The van der Waals surface area contributed by atoms with Crippen LogP contribution in [0, 0.1) is 0 Å². The van der Waals surface area contributed by atoms with Crippen molar-refractivity contribution >= 4 is 17.3 Å². The molecule has 2 rings (SSSR count). The highest BCUT2D eigenvalue weighted by atomic mass is 32.1. The molecule has 0 fully saturated rings. The summed E-state index contributed by atoms with van der Waals surface area (Å²) >= 11 is 1.65. The van der Waals surface area contributed by atoms with Crippen molar-refractivity contribution in [2.45, 2.75) is 6.42 Å². The summed E-state index contributed by atoms with van der Waals surface area (Å²) in [5, 5.41) is 11.0. The monoisotopic (exact) mass is 218 g/mol. The van der Waals surface area contributed by atoms with Gasteiger partial charge in [-0.25, -0.2) is 4.79 Å². The highest BCUT2D eigenvalue weighted by Crippen LogP contribution is 2.17. The van der Waals surface area contributed by atoms with E-state index in [2.05, 4.69) is 0 Å². The molecule has 0 unspecified atom stereocenters. The van der Waals surface area contributed by atoms with Crippen LogP contribution in [0.2, 0.25) is 0 Å². The van der Waals surface area contributed by atoms with Crippen molar-refractivity contribution in [3.05, 3.63) is 57.8 Å². The first kappa shape index (κ1) is 9.93. The van der Waals surface area contributed by atoms with E-state index >= 15 is 0 Å². The van der Waals surface area contributed by atoms with Gasteiger partial charge in [-0.1, -0.05) is 24.3 Å². The van der Waals surface area contributed by atoms with Gasteiger partial charge in [0, 0.05) is 11.3 Å². The Balaban J connectivity index is 2.32. The van der Waals surface area contributed by atoms with Gasteiger partial charge in [-0.05, 0) is 23.1 Å². The maximum absolute atomic E-state index is 11.0. The quantitative estimate of drug-likeness (QED) is 0.859. The molecule has 0 amide bonds. The van der Waals surface area contributed by atoms with E-state index in [-0.39, 0.29) is 0 Å². The highest BCUT2D eigenvalue weighted by Gasteiger charge is 2.09. The molecule has 76 valence electrons. The van der Waals surface area contributed by atoms with Crippen molar-refractivity contribution in [1.29, 1.82) is 0 Å². The van der Waals surface area contributed by atoms with Gasteiger partial charge in [-0.15, -0.1) is 11.3 Å². The third kappa shape index (κ3) is 2.25. The number of rotatable bonds is 3. The van der Waals surface area contributed by atoms with E-state index in [1.54, 1.807) is 23.5 Å². The van der Waals surface area contributed by atoms with Crippen LogP contribution >= 0.6 is 11.3 Å². The predicted molar refractivity (Wildman–Crippen MR) is 60.5 cm³/mol. The van der Waals surface area contributed by atoms with Gasteiger partial charge in [0.25, 0.3) is 0 Å². The molecule has 2 nitrogen and oxygen atoms in total. The van der Waals surface area contributed by atoms with Gasteiger partial charge >= 0.3 is 5.97 Å². The molecule has 3 heteroatoms. The van der Waals surface area contributed by atoms with Crippen LogP contribution in [0.5, 0.6) is 0 Å². The molecule has 0 aliphatic heterocycles. The van der Waals surface area contributed by atoms with Crippen LogP contribution in [0.4, 0.5) is 0 Å². The van der Waals surface area contributed by atoms with Gasteiger partial charge in [0.1, 0.15) is 0 Å². The molecule has 0 saturated carbocycles. The van der Waals surface area contributed by atoms with E-state index < -0.39 is 5.97 Å². The number of carboxylic acids is 1. The van der Waals surface area contributed by atoms with Gasteiger partial charge in [-0.3, -0.25) is 0 Å². The van der Waals surface area contributed by atoms with E-state index in [0.29, 0.717) is 12.0 Å². The zero-order valence-electron chi connectivity index (χ0n) is 8.01. The molecule has 0 saturated heterocycles. The summed E-state index contributed by atoms with van der Waals surface area (Å²) in [4.78, 5) is 12.1. The zero-order chi connectivity index (χ0) is 10.7. The standard InChI is InChI=1S/C12H10O2S/c13-12(14)11-6-2-1-4-9(11)8-10-5-3-7-15-10/h1-7H,8H2,(H,13,14). The van der Waals surface area contributed by atoms with Gasteiger partial charge in [0.15, 0.2) is 0 Å². The molecule has 15 heavy (non-hydrogen) atoms. The lowest BCUT2D eigenvalue weighted by molar-refractivity contribution is 0.0696. The third-order valence-corrected chi connectivity index (χ3v) is 3.07. The fourth-order valence-corrected chi connectivity index (χ4v) is 2.21. The topological polar surface area (TPSA) is 37.3 Å².